The fourth-order valence-corrected chi connectivity index (χ4v) is 3.17. The van der Waals surface area contributed by atoms with Crippen molar-refractivity contribution < 1.29 is 5.11 Å². The number of aliphatic hydroxyl groups is 1. The van der Waals surface area contributed by atoms with Crippen LogP contribution in [0, 0.1) is 11.8 Å². The van der Waals surface area contributed by atoms with Gasteiger partial charge in [-0.25, -0.2) is 0 Å². The lowest BCUT2D eigenvalue weighted by atomic mass is 9.84. The Morgan fingerprint density at radius 1 is 1.07 bits per heavy atom. The predicted molar refractivity (Wildman–Crippen MR) is 58.2 cm³/mol. The molecule has 0 bridgehead atoms. The average molecular weight is 197 g/mol. The van der Waals surface area contributed by atoms with Crippen molar-refractivity contribution in [2.24, 2.45) is 11.8 Å². The van der Waals surface area contributed by atoms with E-state index < -0.39 is 0 Å². The van der Waals surface area contributed by atoms with Crippen LogP contribution in [0.2, 0.25) is 0 Å². The van der Waals surface area contributed by atoms with Crippen LogP contribution in [0.25, 0.3) is 0 Å². The number of hydrogen-bond acceptors (Lipinski definition) is 2. The molecule has 1 saturated heterocycles. The van der Waals surface area contributed by atoms with Gasteiger partial charge in [-0.1, -0.05) is 12.8 Å². The predicted octanol–water partition coefficient (Wildman–Crippen LogP) is 1.88. The Morgan fingerprint density at radius 3 is 2.36 bits per heavy atom. The van der Waals surface area contributed by atoms with Gasteiger partial charge in [0, 0.05) is 6.54 Å². The lowest BCUT2D eigenvalue weighted by Crippen LogP contribution is -2.40. The summed E-state index contributed by atoms with van der Waals surface area (Å²) >= 11 is 0. The first-order valence-electron chi connectivity index (χ1n) is 6.14. The molecule has 2 unspecified atom stereocenters. The lowest BCUT2D eigenvalue weighted by molar-refractivity contribution is 0.0189. The molecule has 2 heteroatoms. The minimum Gasteiger partial charge on any atom is -0.393 e. The van der Waals surface area contributed by atoms with Crippen molar-refractivity contribution in [1.82, 2.24) is 4.90 Å². The highest BCUT2D eigenvalue weighted by Gasteiger charge is 2.31. The molecule has 1 aliphatic heterocycles. The van der Waals surface area contributed by atoms with Gasteiger partial charge in [-0.3, -0.25) is 0 Å². The molecule has 1 heterocycles. The van der Waals surface area contributed by atoms with E-state index in [1.165, 1.54) is 45.1 Å². The molecule has 0 aromatic carbocycles. The first kappa shape index (κ1) is 10.4. The molecular formula is C12H23NO. The third-order valence-electron chi connectivity index (χ3n) is 4.03. The summed E-state index contributed by atoms with van der Waals surface area (Å²) < 4.78 is 0. The van der Waals surface area contributed by atoms with Gasteiger partial charge in [0.05, 0.1) is 6.10 Å². The summed E-state index contributed by atoms with van der Waals surface area (Å²) in [5.41, 5.74) is 0. The van der Waals surface area contributed by atoms with Crippen LogP contribution in [-0.4, -0.2) is 36.2 Å². The summed E-state index contributed by atoms with van der Waals surface area (Å²) in [7, 11) is 2.17. The first-order valence-corrected chi connectivity index (χ1v) is 6.14. The summed E-state index contributed by atoms with van der Waals surface area (Å²) in [6, 6.07) is 0. The number of nitrogens with zero attached hydrogens (tertiary/aromatic N) is 1. The first-order chi connectivity index (χ1) is 6.77. The highest BCUT2D eigenvalue weighted by Crippen LogP contribution is 2.33. The number of likely N-dealkylation sites (tertiary alicyclic amines) is 1. The third-order valence-corrected chi connectivity index (χ3v) is 4.03. The molecule has 0 aromatic heterocycles. The van der Waals surface area contributed by atoms with Gasteiger partial charge < -0.3 is 10.0 Å². The SMILES string of the molecule is CN1CCCC(C(O)C2CCCC2)C1. The topological polar surface area (TPSA) is 23.5 Å². The monoisotopic (exact) mass is 197 g/mol. The van der Waals surface area contributed by atoms with Crippen molar-refractivity contribution in [3.05, 3.63) is 0 Å². The second-order valence-corrected chi connectivity index (χ2v) is 5.20. The molecular weight excluding hydrogens is 174 g/mol. The zero-order valence-electron chi connectivity index (χ0n) is 9.28. The molecule has 2 aliphatic rings. The molecule has 2 rings (SSSR count). The second kappa shape index (κ2) is 4.63. The minimum atomic E-state index is -0.0137. The minimum absolute atomic E-state index is 0.0137. The molecule has 2 fully saturated rings. The summed E-state index contributed by atoms with van der Waals surface area (Å²) in [5.74, 6) is 1.17. The van der Waals surface area contributed by atoms with Gasteiger partial charge in [0.2, 0.25) is 0 Å². The Morgan fingerprint density at radius 2 is 1.71 bits per heavy atom. The van der Waals surface area contributed by atoms with E-state index in [-0.39, 0.29) is 6.10 Å². The molecule has 2 nitrogen and oxygen atoms in total. The van der Waals surface area contributed by atoms with E-state index in [1.54, 1.807) is 0 Å². The van der Waals surface area contributed by atoms with Crippen LogP contribution < -0.4 is 0 Å². The molecule has 0 radical (unpaired) electrons. The van der Waals surface area contributed by atoms with E-state index in [0.717, 1.165) is 6.54 Å². The van der Waals surface area contributed by atoms with Gasteiger partial charge in [-0.05, 0) is 51.1 Å². The maximum Gasteiger partial charge on any atom is 0.0608 e. The van der Waals surface area contributed by atoms with E-state index in [9.17, 15) is 5.11 Å². The van der Waals surface area contributed by atoms with Gasteiger partial charge in [0.1, 0.15) is 0 Å². The van der Waals surface area contributed by atoms with Crippen molar-refractivity contribution in [3.63, 3.8) is 0 Å². The van der Waals surface area contributed by atoms with E-state index >= 15 is 0 Å². The summed E-state index contributed by atoms with van der Waals surface area (Å²) in [6.07, 6.45) is 7.70. The van der Waals surface area contributed by atoms with Crippen molar-refractivity contribution in [1.29, 1.82) is 0 Å². The largest absolute Gasteiger partial charge is 0.393 e. The molecule has 82 valence electrons. The lowest BCUT2D eigenvalue weighted by Gasteiger charge is -2.35. The highest BCUT2D eigenvalue weighted by atomic mass is 16.3. The maximum atomic E-state index is 10.3. The zero-order valence-corrected chi connectivity index (χ0v) is 9.28. The Bertz CT molecular complexity index is 177. The van der Waals surface area contributed by atoms with Crippen LogP contribution in [-0.2, 0) is 0 Å². The molecule has 1 aliphatic carbocycles. The van der Waals surface area contributed by atoms with Gasteiger partial charge in [-0.2, -0.15) is 0 Å². The smallest absolute Gasteiger partial charge is 0.0608 e. The van der Waals surface area contributed by atoms with Crippen LogP contribution in [0.3, 0.4) is 0 Å². The Hall–Kier alpha value is -0.0800. The van der Waals surface area contributed by atoms with E-state index in [1.807, 2.05) is 0 Å². The molecule has 0 amide bonds. The van der Waals surface area contributed by atoms with Gasteiger partial charge in [0.25, 0.3) is 0 Å². The van der Waals surface area contributed by atoms with Crippen LogP contribution >= 0.6 is 0 Å². The van der Waals surface area contributed by atoms with Gasteiger partial charge >= 0.3 is 0 Å². The van der Waals surface area contributed by atoms with Crippen molar-refractivity contribution in [2.75, 3.05) is 20.1 Å². The Labute approximate surface area is 87.3 Å². The van der Waals surface area contributed by atoms with Crippen molar-refractivity contribution in [2.45, 2.75) is 44.6 Å². The molecule has 1 N–H and O–H groups in total. The quantitative estimate of drug-likeness (QED) is 0.730. The number of piperidine rings is 1. The van der Waals surface area contributed by atoms with Crippen LogP contribution in [0.4, 0.5) is 0 Å². The maximum absolute atomic E-state index is 10.3. The van der Waals surface area contributed by atoms with E-state index in [0.29, 0.717) is 11.8 Å². The Balaban J connectivity index is 1.86. The number of aliphatic hydroxyl groups excluding tert-OH is 1. The number of hydrogen-bond donors (Lipinski definition) is 1. The summed E-state index contributed by atoms with van der Waals surface area (Å²) in [6.45, 7) is 2.32. The van der Waals surface area contributed by atoms with E-state index in [4.69, 9.17) is 0 Å². The molecule has 1 saturated carbocycles. The summed E-state index contributed by atoms with van der Waals surface area (Å²) in [5, 5.41) is 10.3. The average Bonchev–Trinajstić information content (AvgIpc) is 2.69. The normalized spacial score (nSPS) is 33.4. The molecule has 0 aromatic rings. The fourth-order valence-electron chi connectivity index (χ4n) is 3.17. The molecule has 0 spiro atoms. The van der Waals surface area contributed by atoms with Gasteiger partial charge in [-0.15, -0.1) is 0 Å². The number of rotatable bonds is 2. The highest BCUT2D eigenvalue weighted by molar-refractivity contribution is 4.83. The van der Waals surface area contributed by atoms with Gasteiger partial charge in [0.15, 0.2) is 0 Å². The fraction of sp³-hybridized carbons (Fsp3) is 1.00. The van der Waals surface area contributed by atoms with Crippen LogP contribution in [0.1, 0.15) is 38.5 Å². The third kappa shape index (κ3) is 2.29. The second-order valence-electron chi connectivity index (χ2n) is 5.20. The van der Waals surface area contributed by atoms with Crippen molar-refractivity contribution in [3.8, 4) is 0 Å². The van der Waals surface area contributed by atoms with Crippen molar-refractivity contribution >= 4 is 0 Å². The van der Waals surface area contributed by atoms with Crippen LogP contribution in [0.5, 0.6) is 0 Å². The zero-order chi connectivity index (χ0) is 9.97. The van der Waals surface area contributed by atoms with E-state index in [2.05, 4.69) is 11.9 Å². The van der Waals surface area contributed by atoms with Crippen LogP contribution in [0.15, 0.2) is 0 Å². The summed E-state index contributed by atoms with van der Waals surface area (Å²) in [4.78, 5) is 2.37. The molecule has 2 atom stereocenters. The standard InChI is InChI=1S/C12H23NO/c1-13-8-4-7-11(9-13)12(14)10-5-2-3-6-10/h10-12,14H,2-9H2,1H3. The molecule has 14 heavy (non-hydrogen) atoms. The Kier molecular flexibility index (Phi) is 3.45.